The molecule has 0 unspecified atom stereocenters. The average Bonchev–Trinajstić information content (AvgIpc) is 3.20. The lowest BCUT2D eigenvalue weighted by atomic mass is 10.1. The van der Waals surface area contributed by atoms with Crippen molar-refractivity contribution in [3.8, 4) is 28.3 Å². The van der Waals surface area contributed by atoms with Crippen molar-refractivity contribution in [2.75, 3.05) is 12.4 Å². The molecule has 4 aromatic rings. The highest BCUT2D eigenvalue weighted by Crippen LogP contribution is 2.32. The van der Waals surface area contributed by atoms with Crippen LogP contribution in [0.1, 0.15) is 6.42 Å². The Kier molecular flexibility index (Phi) is 6.44. The molecule has 0 bridgehead atoms. The molecule has 0 spiro atoms. The number of halogens is 2. The molecule has 152 valence electrons. The quantitative estimate of drug-likeness (QED) is 0.257. The average molecular weight is 423 g/mol. The van der Waals surface area contributed by atoms with E-state index in [1.54, 1.807) is 11.8 Å². The molecule has 30 heavy (non-hydrogen) atoms. The Bertz CT molecular complexity index is 1040. The SMILES string of the molecule is Fc1ccc(OCCCSc2nc(-c3ccccc3)c(-c3ccccc3)[nH]2)c(F)c1. The number of imidazole rings is 1. The zero-order valence-electron chi connectivity index (χ0n) is 16.1. The third-order valence-electron chi connectivity index (χ3n) is 4.47. The highest BCUT2D eigenvalue weighted by molar-refractivity contribution is 7.99. The summed E-state index contributed by atoms with van der Waals surface area (Å²) in [6.45, 7) is 0.341. The molecule has 0 aliphatic heterocycles. The molecule has 4 rings (SSSR count). The van der Waals surface area contributed by atoms with Crippen LogP contribution in [-0.4, -0.2) is 22.3 Å². The van der Waals surface area contributed by atoms with Crippen molar-refractivity contribution in [3.63, 3.8) is 0 Å². The maximum atomic E-state index is 13.6. The van der Waals surface area contributed by atoms with Gasteiger partial charge in [0.25, 0.3) is 0 Å². The number of rotatable bonds is 8. The van der Waals surface area contributed by atoms with Crippen molar-refractivity contribution >= 4 is 11.8 Å². The predicted octanol–water partition coefficient (Wildman–Crippen LogP) is 6.58. The van der Waals surface area contributed by atoms with E-state index >= 15 is 0 Å². The largest absolute Gasteiger partial charge is 0.490 e. The van der Waals surface area contributed by atoms with Crippen molar-refractivity contribution in [2.24, 2.45) is 0 Å². The molecule has 0 amide bonds. The highest BCUT2D eigenvalue weighted by Gasteiger charge is 2.14. The summed E-state index contributed by atoms with van der Waals surface area (Å²) in [5.74, 6) is -0.485. The Morgan fingerprint density at radius 3 is 2.27 bits per heavy atom. The van der Waals surface area contributed by atoms with Crippen molar-refractivity contribution in [1.82, 2.24) is 9.97 Å². The molecule has 6 heteroatoms. The summed E-state index contributed by atoms with van der Waals surface area (Å²) in [6.07, 6.45) is 0.698. The van der Waals surface area contributed by atoms with Crippen molar-refractivity contribution in [2.45, 2.75) is 11.6 Å². The Labute approximate surface area is 178 Å². The van der Waals surface area contributed by atoms with Gasteiger partial charge in [-0.3, -0.25) is 0 Å². The van der Waals surface area contributed by atoms with Crippen LogP contribution in [0.4, 0.5) is 8.78 Å². The van der Waals surface area contributed by atoms with Crippen LogP contribution < -0.4 is 4.74 Å². The molecule has 3 aromatic carbocycles. The molecule has 1 aromatic heterocycles. The van der Waals surface area contributed by atoms with Crippen LogP contribution >= 0.6 is 11.8 Å². The van der Waals surface area contributed by atoms with Gasteiger partial charge in [-0.15, -0.1) is 0 Å². The van der Waals surface area contributed by atoms with Crippen LogP contribution in [0.15, 0.2) is 84.0 Å². The highest BCUT2D eigenvalue weighted by atomic mass is 32.2. The minimum Gasteiger partial charge on any atom is -0.490 e. The zero-order valence-corrected chi connectivity index (χ0v) is 17.0. The van der Waals surface area contributed by atoms with Crippen LogP contribution in [0.3, 0.4) is 0 Å². The Morgan fingerprint density at radius 1 is 0.867 bits per heavy atom. The second kappa shape index (κ2) is 9.59. The third kappa shape index (κ3) is 4.89. The first-order valence-electron chi connectivity index (χ1n) is 9.62. The summed E-state index contributed by atoms with van der Waals surface area (Å²) in [6, 6.07) is 23.5. The van der Waals surface area contributed by atoms with Crippen molar-refractivity contribution in [3.05, 3.63) is 90.5 Å². The number of benzene rings is 3. The van der Waals surface area contributed by atoms with Gasteiger partial charge in [-0.1, -0.05) is 72.4 Å². The summed E-state index contributed by atoms with van der Waals surface area (Å²) in [7, 11) is 0. The lowest BCUT2D eigenvalue weighted by molar-refractivity contribution is 0.301. The molecule has 1 N–H and O–H groups in total. The van der Waals surface area contributed by atoms with E-state index in [1.165, 1.54) is 12.1 Å². The van der Waals surface area contributed by atoms with E-state index < -0.39 is 11.6 Å². The van der Waals surface area contributed by atoms with Crippen molar-refractivity contribution in [1.29, 1.82) is 0 Å². The van der Waals surface area contributed by atoms with Gasteiger partial charge in [0.1, 0.15) is 5.82 Å². The van der Waals surface area contributed by atoms with E-state index in [0.29, 0.717) is 13.0 Å². The van der Waals surface area contributed by atoms with Crippen LogP contribution in [0.5, 0.6) is 5.75 Å². The second-order valence-electron chi connectivity index (χ2n) is 6.62. The molecule has 0 radical (unpaired) electrons. The lowest BCUT2D eigenvalue weighted by Crippen LogP contribution is -2.00. The normalized spacial score (nSPS) is 10.9. The fraction of sp³-hybridized carbons (Fsp3) is 0.125. The minimum atomic E-state index is -0.686. The number of aromatic amines is 1. The lowest BCUT2D eigenvalue weighted by Gasteiger charge is -2.06. The fourth-order valence-corrected chi connectivity index (χ4v) is 3.83. The van der Waals surface area contributed by atoms with E-state index in [0.717, 1.165) is 39.5 Å². The zero-order chi connectivity index (χ0) is 20.8. The summed E-state index contributed by atoms with van der Waals surface area (Å²) in [4.78, 5) is 8.23. The van der Waals surface area contributed by atoms with Gasteiger partial charge < -0.3 is 9.72 Å². The number of nitrogens with one attached hydrogen (secondary N) is 1. The number of hydrogen-bond acceptors (Lipinski definition) is 3. The van der Waals surface area contributed by atoms with Gasteiger partial charge in [-0.2, -0.15) is 0 Å². The number of ether oxygens (including phenoxy) is 1. The monoisotopic (exact) mass is 422 g/mol. The molecule has 0 fully saturated rings. The molecule has 0 saturated carbocycles. The Balaban J connectivity index is 1.41. The number of hydrogen-bond donors (Lipinski definition) is 1. The molecule has 0 aliphatic rings. The molecule has 3 nitrogen and oxygen atoms in total. The van der Waals surface area contributed by atoms with Gasteiger partial charge in [0.15, 0.2) is 16.7 Å². The predicted molar refractivity (Wildman–Crippen MR) is 117 cm³/mol. The smallest absolute Gasteiger partial charge is 0.167 e. The first-order chi connectivity index (χ1) is 14.7. The topological polar surface area (TPSA) is 37.9 Å². The van der Waals surface area contributed by atoms with Gasteiger partial charge in [0.05, 0.1) is 18.0 Å². The van der Waals surface area contributed by atoms with Gasteiger partial charge in [0, 0.05) is 22.9 Å². The van der Waals surface area contributed by atoms with Crippen LogP contribution in [0, 0.1) is 11.6 Å². The number of H-pyrrole nitrogens is 1. The first-order valence-corrected chi connectivity index (χ1v) is 10.6. The van der Waals surface area contributed by atoms with Crippen LogP contribution in [0.2, 0.25) is 0 Å². The summed E-state index contributed by atoms with van der Waals surface area (Å²) >= 11 is 1.59. The molecule has 0 saturated heterocycles. The Hall–Kier alpha value is -3.12. The molecule has 0 atom stereocenters. The van der Waals surface area contributed by atoms with Gasteiger partial charge in [-0.25, -0.2) is 13.8 Å². The standard InChI is InChI=1S/C24H20F2N2OS/c25-19-12-13-21(20(26)16-19)29-14-7-15-30-24-27-22(17-8-3-1-4-9-17)23(28-24)18-10-5-2-6-11-18/h1-6,8-13,16H,7,14-15H2,(H,27,28). The van der Waals surface area contributed by atoms with E-state index in [1.807, 2.05) is 48.5 Å². The first kappa shape index (κ1) is 20.2. The van der Waals surface area contributed by atoms with E-state index in [4.69, 9.17) is 9.72 Å². The fourth-order valence-electron chi connectivity index (χ4n) is 3.04. The van der Waals surface area contributed by atoms with Gasteiger partial charge in [-0.05, 0) is 18.6 Å². The van der Waals surface area contributed by atoms with Gasteiger partial charge >= 0.3 is 0 Å². The number of thioether (sulfide) groups is 1. The molecular weight excluding hydrogens is 402 g/mol. The minimum absolute atomic E-state index is 0.0668. The molecule has 1 heterocycles. The molecular formula is C24H20F2N2OS. The van der Waals surface area contributed by atoms with Crippen LogP contribution in [-0.2, 0) is 0 Å². The number of nitrogens with zero attached hydrogens (tertiary/aromatic N) is 1. The maximum Gasteiger partial charge on any atom is 0.167 e. The summed E-state index contributed by atoms with van der Waals surface area (Å²) in [5.41, 5.74) is 4.02. The van der Waals surface area contributed by atoms with Gasteiger partial charge in [0.2, 0.25) is 0 Å². The third-order valence-corrected chi connectivity index (χ3v) is 5.43. The van der Waals surface area contributed by atoms with E-state index in [2.05, 4.69) is 17.1 Å². The van der Waals surface area contributed by atoms with E-state index in [9.17, 15) is 8.78 Å². The Morgan fingerprint density at radius 2 is 1.57 bits per heavy atom. The summed E-state index contributed by atoms with van der Waals surface area (Å²) in [5, 5.41) is 0.820. The maximum absolute atomic E-state index is 13.6. The van der Waals surface area contributed by atoms with Crippen LogP contribution in [0.25, 0.3) is 22.5 Å². The summed E-state index contributed by atoms with van der Waals surface area (Å²) < 4.78 is 32.0. The number of aromatic nitrogens is 2. The second-order valence-corrected chi connectivity index (χ2v) is 7.71. The molecule has 0 aliphatic carbocycles. The van der Waals surface area contributed by atoms with E-state index in [-0.39, 0.29) is 5.75 Å². The van der Waals surface area contributed by atoms with Crippen molar-refractivity contribution < 1.29 is 13.5 Å².